The molecule has 0 bridgehead atoms. The first kappa shape index (κ1) is 13.7. The fourth-order valence-corrected chi connectivity index (χ4v) is 1.61. The molecule has 3 heteroatoms. The maximum absolute atomic E-state index is 11.2. The largest absolute Gasteiger partial charge is 0.481 e. The second-order valence-corrected chi connectivity index (χ2v) is 5.30. The maximum Gasteiger partial charge on any atom is 0.312 e. The van der Waals surface area contributed by atoms with Gasteiger partial charge in [0.15, 0.2) is 0 Å². The van der Waals surface area contributed by atoms with Crippen molar-refractivity contribution in [3.8, 4) is 0 Å². The van der Waals surface area contributed by atoms with E-state index in [1.54, 1.807) is 13.0 Å². The number of benzene rings is 1. The molecule has 94 valence electrons. The molecule has 1 atom stereocenters. The van der Waals surface area contributed by atoms with E-state index in [0.29, 0.717) is 5.56 Å². The van der Waals surface area contributed by atoms with Crippen molar-refractivity contribution in [1.29, 1.82) is 0 Å². The predicted octanol–water partition coefficient (Wildman–Crippen LogP) is 2.62. The average molecular weight is 236 g/mol. The molecule has 0 fully saturated rings. The molecule has 1 aromatic carbocycles. The number of rotatable bonds is 3. The smallest absolute Gasteiger partial charge is 0.312 e. The molecule has 0 saturated carbocycles. The molecule has 0 aromatic heterocycles. The molecule has 0 aliphatic heterocycles. The molecule has 0 aliphatic rings. The van der Waals surface area contributed by atoms with Gasteiger partial charge in [-0.3, -0.25) is 4.79 Å². The molecule has 0 radical (unpaired) electrons. The number of carboxylic acids is 1. The number of aryl methyl sites for hydroxylation is 2. The van der Waals surface area contributed by atoms with Gasteiger partial charge in [0.2, 0.25) is 0 Å². The van der Waals surface area contributed by atoms with Gasteiger partial charge in [-0.15, -0.1) is 0 Å². The minimum Gasteiger partial charge on any atom is -0.481 e. The molecule has 0 spiro atoms. The number of aliphatic carboxylic acids is 1. The van der Waals surface area contributed by atoms with Gasteiger partial charge in [-0.25, -0.2) is 0 Å². The molecule has 1 rings (SSSR count). The molecule has 3 nitrogen and oxygen atoms in total. The monoisotopic (exact) mass is 236 g/mol. The number of aliphatic hydroxyl groups is 1. The quantitative estimate of drug-likeness (QED) is 0.848. The highest BCUT2D eigenvalue weighted by atomic mass is 16.4. The van der Waals surface area contributed by atoms with Gasteiger partial charge >= 0.3 is 5.97 Å². The van der Waals surface area contributed by atoms with Crippen molar-refractivity contribution in [2.75, 3.05) is 0 Å². The van der Waals surface area contributed by atoms with Crippen LogP contribution in [0.4, 0.5) is 0 Å². The van der Waals surface area contributed by atoms with Crippen molar-refractivity contribution >= 4 is 5.97 Å². The topological polar surface area (TPSA) is 57.5 Å². The Hall–Kier alpha value is -1.35. The van der Waals surface area contributed by atoms with E-state index in [1.807, 2.05) is 26.0 Å². The summed E-state index contributed by atoms with van der Waals surface area (Å²) in [6.07, 6.45) is 0. The van der Waals surface area contributed by atoms with Gasteiger partial charge in [-0.05, 0) is 51.3 Å². The van der Waals surface area contributed by atoms with Gasteiger partial charge in [0.1, 0.15) is 5.60 Å². The van der Waals surface area contributed by atoms with Crippen molar-refractivity contribution in [1.82, 2.24) is 0 Å². The zero-order valence-electron chi connectivity index (χ0n) is 11.0. The zero-order valence-corrected chi connectivity index (χ0v) is 11.0. The SMILES string of the molecule is Cc1ccc(C(C)(O)C(C)(C)C(=O)O)cc1C. The van der Waals surface area contributed by atoms with Crippen LogP contribution < -0.4 is 0 Å². The van der Waals surface area contributed by atoms with Gasteiger partial charge in [-0.2, -0.15) is 0 Å². The summed E-state index contributed by atoms with van der Waals surface area (Å²) < 4.78 is 0. The second-order valence-electron chi connectivity index (χ2n) is 5.30. The minimum absolute atomic E-state index is 0.632. The van der Waals surface area contributed by atoms with Crippen LogP contribution in [0, 0.1) is 19.3 Å². The van der Waals surface area contributed by atoms with Crippen LogP contribution in [0.25, 0.3) is 0 Å². The summed E-state index contributed by atoms with van der Waals surface area (Å²) in [5.74, 6) is -1.01. The van der Waals surface area contributed by atoms with Crippen molar-refractivity contribution < 1.29 is 15.0 Å². The number of carboxylic acid groups (broad SMARTS) is 1. The van der Waals surface area contributed by atoms with Crippen LogP contribution in [0.2, 0.25) is 0 Å². The Morgan fingerprint density at radius 2 is 1.65 bits per heavy atom. The highest BCUT2D eigenvalue weighted by Gasteiger charge is 2.46. The van der Waals surface area contributed by atoms with E-state index in [-0.39, 0.29) is 0 Å². The molecule has 2 N–H and O–H groups in total. The van der Waals surface area contributed by atoms with Crippen LogP contribution in [0.15, 0.2) is 18.2 Å². The Labute approximate surface area is 102 Å². The Balaban J connectivity index is 3.30. The Morgan fingerprint density at radius 1 is 1.12 bits per heavy atom. The molecule has 0 heterocycles. The third-order valence-electron chi connectivity index (χ3n) is 3.82. The highest BCUT2D eigenvalue weighted by Crippen LogP contribution is 2.40. The second kappa shape index (κ2) is 4.15. The van der Waals surface area contributed by atoms with Gasteiger partial charge in [0, 0.05) is 0 Å². The summed E-state index contributed by atoms with van der Waals surface area (Å²) >= 11 is 0. The third-order valence-corrected chi connectivity index (χ3v) is 3.82. The van der Waals surface area contributed by atoms with Crippen LogP contribution in [0.5, 0.6) is 0 Å². The number of hydrogen-bond acceptors (Lipinski definition) is 2. The summed E-state index contributed by atoms with van der Waals surface area (Å²) in [5, 5.41) is 19.7. The third kappa shape index (κ3) is 2.20. The van der Waals surface area contributed by atoms with E-state index in [0.717, 1.165) is 11.1 Å². The van der Waals surface area contributed by atoms with Crippen molar-refractivity contribution in [3.63, 3.8) is 0 Å². The Kier molecular flexibility index (Phi) is 3.35. The lowest BCUT2D eigenvalue weighted by molar-refractivity contribution is -0.164. The van der Waals surface area contributed by atoms with Gasteiger partial charge in [0.05, 0.1) is 5.41 Å². The normalized spacial score (nSPS) is 15.4. The van der Waals surface area contributed by atoms with E-state index in [9.17, 15) is 15.0 Å². The Morgan fingerprint density at radius 3 is 2.06 bits per heavy atom. The van der Waals surface area contributed by atoms with Crippen molar-refractivity contribution in [3.05, 3.63) is 34.9 Å². The number of hydrogen-bond donors (Lipinski definition) is 2. The average Bonchev–Trinajstić information content (AvgIpc) is 2.21. The molecular formula is C14H20O3. The van der Waals surface area contributed by atoms with Gasteiger partial charge in [-0.1, -0.05) is 18.2 Å². The van der Waals surface area contributed by atoms with Crippen molar-refractivity contribution in [2.24, 2.45) is 5.41 Å². The first-order valence-corrected chi connectivity index (χ1v) is 5.64. The predicted molar refractivity (Wildman–Crippen MR) is 66.9 cm³/mol. The molecule has 0 amide bonds. The molecule has 17 heavy (non-hydrogen) atoms. The summed E-state index contributed by atoms with van der Waals surface area (Å²) in [6, 6.07) is 5.53. The zero-order chi connectivity index (χ0) is 13.4. The van der Waals surface area contributed by atoms with Crippen LogP contribution in [-0.2, 0) is 10.4 Å². The van der Waals surface area contributed by atoms with Crippen LogP contribution >= 0.6 is 0 Å². The summed E-state index contributed by atoms with van der Waals surface area (Å²) in [6.45, 7) is 8.54. The minimum atomic E-state index is -1.41. The first-order valence-electron chi connectivity index (χ1n) is 5.64. The summed E-state index contributed by atoms with van der Waals surface area (Å²) in [4.78, 5) is 11.2. The summed E-state index contributed by atoms with van der Waals surface area (Å²) in [5.41, 5.74) is 0.154. The van der Waals surface area contributed by atoms with E-state index in [4.69, 9.17) is 0 Å². The highest BCUT2D eigenvalue weighted by molar-refractivity contribution is 5.75. The van der Waals surface area contributed by atoms with E-state index in [2.05, 4.69) is 0 Å². The lowest BCUT2D eigenvalue weighted by Crippen LogP contribution is -2.45. The molecule has 0 saturated heterocycles. The van der Waals surface area contributed by atoms with Gasteiger partial charge < -0.3 is 10.2 Å². The maximum atomic E-state index is 11.2. The summed E-state index contributed by atoms with van der Waals surface area (Å²) in [7, 11) is 0. The molecule has 1 aromatic rings. The Bertz CT molecular complexity index is 445. The fraction of sp³-hybridized carbons (Fsp3) is 0.500. The standard InChI is InChI=1S/C14H20O3/c1-9-6-7-11(8-10(9)2)14(5,17)13(3,4)12(15)16/h6-8,17H,1-5H3,(H,15,16). The van der Waals surface area contributed by atoms with Crippen LogP contribution in [0.1, 0.15) is 37.5 Å². The molecule has 0 aliphatic carbocycles. The fourth-order valence-electron chi connectivity index (χ4n) is 1.61. The number of carbonyl (C=O) groups is 1. The molecular weight excluding hydrogens is 216 g/mol. The van der Waals surface area contributed by atoms with E-state index in [1.165, 1.54) is 13.8 Å². The van der Waals surface area contributed by atoms with Crippen LogP contribution in [0.3, 0.4) is 0 Å². The molecule has 1 unspecified atom stereocenters. The lowest BCUT2D eigenvalue weighted by Gasteiger charge is -2.37. The van der Waals surface area contributed by atoms with Crippen LogP contribution in [-0.4, -0.2) is 16.2 Å². The lowest BCUT2D eigenvalue weighted by atomic mass is 9.71. The van der Waals surface area contributed by atoms with E-state index >= 15 is 0 Å². The van der Waals surface area contributed by atoms with E-state index < -0.39 is 17.0 Å². The van der Waals surface area contributed by atoms with Crippen molar-refractivity contribution in [2.45, 2.75) is 40.2 Å². The first-order chi connectivity index (χ1) is 7.60. The van der Waals surface area contributed by atoms with Gasteiger partial charge in [0.25, 0.3) is 0 Å².